The molecule has 1 nitrogen and oxygen atoms in total. The number of nitrogens with two attached hydrogens (primary N) is 1. The summed E-state index contributed by atoms with van der Waals surface area (Å²) >= 11 is 0. The zero-order chi connectivity index (χ0) is 11.6. The molecular formula is C11H13ClF3N. The molecule has 0 saturated heterocycles. The zero-order valence-electron chi connectivity index (χ0n) is 8.77. The molecule has 0 heterocycles. The largest absolute Gasteiger partial charge is 0.324 e. The lowest BCUT2D eigenvalue weighted by Crippen LogP contribution is -2.13. The first-order valence-corrected chi connectivity index (χ1v) is 4.46. The van der Waals surface area contributed by atoms with E-state index < -0.39 is 23.5 Å². The summed E-state index contributed by atoms with van der Waals surface area (Å²) in [6.45, 7) is 5.32. The highest BCUT2D eigenvalue weighted by Crippen LogP contribution is 2.23. The summed E-state index contributed by atoms with van der Waals surface area (Å²) in [6, 6.07) is 0.630. The molecule has 0 spiro atoms. The first kappa shape index (κ1) is 15.0. The maximum atomic E-state index is 13.2. The summed E-state index contributed by atoms with van der Waals surface area (Å²) in [5, 5.41) is 0. The standard InChI is InChI=1S/C11H12F3N.ClH/c1-6(2)3-10(15)8-4-7(12)5-9(13)11(8)14;/h4-5,10H,1,3,15H2,2H3;1H/t10-;/m1./s1. The summed E-state index contributed by atoms with van der Waals surface area (Å²) in [5.74, 6) is -3.15. The molecule has 0 bridgehead atoms. The number of hydrogen-bond donors (Lipinski definition) is 1. The molecule has 0 fully saturated rings. The van der Waals surface area contributed by atoms with Gasteiger partial charge in [-0.25, -0.2) is 13.2 Å². The Bertz CT molecular complexity index is 393. The Morgan fingerprint density at radius 2 is 1.94 bits per heavy atom. The van der Waals surface area contributed by atoms with Gasteiger partial charge < -0.3 is 5.73 Å². The van der Waals surface area contributed by atoms with Gasteiger partial charge in [0.05, 0.1) is 0 Å². The summed E-state index contributed by atoms with van der Waals surface area (Å²) < 4.78 is 38.9. The number of hydrogen-bond acceptors (Lipinski definition) is 1. The maximum absolute atomic E-state index is 13.2. The highest BCUT2D eigenvalue weighted by atomic mass is 35.5. The van der Waals surface area contributed by atoms with Gasteiger partial charge in [-0.1, -0.05) is 5.57 Å². The molecule has 1 atom stereocenters. The third kappa shape index (κ3) is 3.54. The fourth-order valence-electron chi connectivity index (χ4n) is 1.33. The van der Waals surface area contributed by atoms with Gasteiger partial charge in [-0.05, 0) is 19.4 Å². The lowest BCUT2D eigenvalue weighted by molar-refractivity contribution is 0.474. The van der Waals surface area contributed by atoms with E-state index in [-0.39, 0.29) is 18.0 Å². The summed E-state index contributed by atoms with van der Waals surface area (Å²) in [7, 11) is 0. The Labute approximate surface area is 98.6 Å². The summed E-state index contributed by atoms with van der Waals surface area (Å²) in [5.41, 5.74) is 6.17. The SMILES string of the molecule is C=C(C)C[C@@H](N)c1cc(F)cc(F)c1F.Cl. The van der Waals surface area contributed by atoms with Gasteiger partial charge in [-0.3, -0.25) is 0 Å². The van der Waals surface area contributed by atoms with E-state index in [1.807, 2.05) is 0 Å². The second-order valence-electron chi connectivity index (χ2n) is 3.56. The quantitative estimate of drug-likeness (QED) is 0.646. The van der Waals surface area contributed by atoms with Crippen LogP contribution in [0.2, 0.25) is 0 Å². The lowest BCUT2D eigenvalue weighted by atomic mass is 10.0. The van der Waals surface area contributed by atoms with Crippen LogP contribution in [-0.2, 0) is 0 Å². The number of rotatable bonds is 3. The molecule has 0 aromatic heterocycles. The fraction of sp³-hybridized carbons (Fsp3) is 0.273. The first-order valence-electron chi connectivity index (χ1n) is 4.46. The highest BCUT2D eigenvalue weighted by Gasteiger charge is 2.16. The summed E-state index contributed by atoms with van der Waals surface area (Å²) in [4.78, 5) is 0. The lowest BCUT2D eigenvalue weighted by Gasteiger charge is -2.13. The molecule has 1 aromatic carbocycles. The average Bonchev–Trinajstić information content (AvgIpc) is 2.09. The second kappa shape index (κ2) is 5.92. The van der Waals surface area contributed by atoms with Crippen LogP contribution in [0.1, 0.15) is 24.9 Å². The van der Waals surface area contributed by atoms with Gasteiger partial charge in [0.25, 0.3) is 0 Å². The van der Waals surface area contributed by atoms with Gasteiger partial charge in [0.2, 0.25) is 0 Å². The predicted molar refractivity (Wildman–Crippen MR) is 59.9 cm³/mol. The Kier molecular flexibility index (Phi) is 5.55. The number of benzene rings is 1. The molecule has 2 N–H and O–H groups in total. The van der Waals surface area contributed by atoms with Gasteiger partial charge in [-0.2, -0.15) is 0 Å². The van der Waals surface area contributed by atoms with E-state index in [1.165, 1.54) is 0 Å². The van der Waals surface area contributed by atoms with Gasteiger partial charge in [-0.15, -0.1) is 19.0 Å². The molecule has 0 amide bonds. The number of halogens is 4. The van der Waals surface area contributed by atoms with E-state index in [1.54, 1.807) is 6.92 Å². The van der Waals surface area contributed by atoms with Crippen molar-refractivity contribution in [3.05, 3.63) is 47.3 Å². The van der Waals surface area contributed by atoms with Crippen molar-refractivity contribution >= 4 is 12.4 Å². The molecule has 0 radical (unpaired) electrons. The van der Waals surface area contributed by atoms with Crippen LogP contribution in [0.3, 0.4) is 0 Å². The van der Waals surface area contributed by atoms with E-state index in [0.717, 1.165) is 11.6 Å². The van der Waals surface area contributed by atoms with E-state index in [4.69, 9.17) is 5.73 Å². The molecule has 90 valence electrons. The van der Waals surface area contributed by atoms with Crippen molar-refractivity contribution in [2.24, 2.45) is 5.73 Å². The molecule has 1 aromatic rings. The minimum atomic E-state index is -1.22. The second-order valence-corrected chi connectivity index (χ2v) is 3.56. The Morgan fingerprint density at radius 3 is 2.44 bits per heavy atom. The minimum Gasteiger partial charge on any atom is -0.324 e. The van der Waals surface area contributed by atoms with Crippen molar-refractivity contribution in [1.82, 2.24) is 0 Å². The molecular weight excluding hydrogens is 239 g/mol. The highest BCUT2D eigenvalue weighted by molar-refractivity contribution is 5.85. The van der Waals surface area contributed by atoms with E-state index in [9.17, 15) is 13.2 Å². The summed E-state index contributed by atoms with van der Waals surface area (Å²) in [6.07, 6.45) is 0.291. The van der Waals surface area contributed by atoms with Gasteiger partial charge in [0, 0.05) is 17.7 Å². The van der Waals surface area contributed by atoms with E-state index >= 15 is 0 Å². The van der Waals surface area contributed by atoms with Gasteiger partial charge in [0.1, 0.15) is 5.82 Å². The zero-order valence-corrected chi connectivity index (χ0v) is 9.58. The maximum Gasteiger partial charge on any atom is 0.163 e. The fourth-order valence-corrected chi connectivity index (χ4v) is 1.33. The van der Waals surface area contributed by atoms with Crippen LogP contribution in [0.15, 0.2) is 24.3 Å². The van der Waals surface area contributed by atoms with Crippen LogP contribution in [0.25, 0.3) is 0 Å². The van der Waals surface area contributed by atoms with Crippen molar-refractivity contribution in [3.8, 4) is 0 Å². The molecule has 0 unspecified atom stereocenters. The normalized spacial score (nSPS) is 11.8. The van der Waals surface area contributed by atoms with Crippen LogP contribution < -0.4 is 5.73 Å². The van der Waals surface area contributed by atoms with Crippen molar-refractivity contribution < 1.29 is 13.2 Å². The molecule has 0 aliphatic heterocycles. The predicted octanol–water partition coefficient (Wildman–Crippen LogP) is 3.49. The van der Waals surface area contributed by atoms with Crippen LogP contribution in [-0.4, -0.2) is 0 Å². The van der Waals surface area contributed by atoms with Crippen molar-refractivity contribution in [3.63, 3.8) is 0 Å². The van der Waals surface area contributed by atoms with Crippen LogP contribution in [0, 0.1) is 17.5 Å². The third-order valence-corrected chi connectivity index (χ3v) is 1.99. The first-order chi connectivity index (χ1) is 6.91. The monoisotopic (exact) mass is 251 g/mol. The Balaban J connectivity index is 0.00000225. The molecule has 0 aliphatic carbocycles. The average molecular weight is 252 g/mol. The van der Waals surface area contributed by atoms with Crippen molar-refractivity contribution in [1.29, 1.82) is 0 Å². The van der Waals surface area contributed by atoms with Crippen molar-refractivity contribution in [2.75, 3.05) is 0 Å². The topological polar surface area (TPSA) is 26.0 Å². The van der Waals surface area contributed by atoms with Gasteiger partial charge in [0.15, 0.2) is 11.6 Å². The smallest absolute Gasteiger partial charge is 0.163 e. The van der Waals surface area contributed by atoms with Gasteiger partial charge >= 0.3 is 0 Å². The van der Waals surface area contributed by atoms with E-state index in [2.05, 4.69) is 6.58 Å². The Hall–Kier alpha value is -1.00. The molecule has 1 rings (SSSR count). The van der Waals surface area contributed by atoms with E-state index in [0.29, 0.717) is 12.5 Å². The third-order valence-electron chi connectivity index (χ3n) is 1.99. The molecule has 5 heteroatoms. The molecule has 16 heavy (non-hydrogen) atoms. The Morgan fingerprint density at radius 1 is 1.38 bits per heavy atom. The van der Waals surface area contributed by atoms with Crippen molar-refractivity contribution in [2.45, 2.75) is 19.4 Å². The molecule has 0 saturated carbocycles. The molecule has 0 aliphatic rings. The van der Waals surface area contributed by atoms with Crippen LogP contribution in [0.4, 0.5) is 13.2 Å². The van der Waals surface area contributed by atoms with Crippen LogP contribution >= 0.6 is 12.4 Å². The van der Waals surface area contributed by atoms with Crippen LogP contribution in [0.5, 0.6) is 0 Å². The minimum absolute atomic E-state index is 0.